The Balaban J connectivity index is 2.37. The lowest BCUT2D eigenvalue weighted by Gasteiger charge is -2.08. The number of ether oxygens (including phenoxy) is 1. The lowest BCUT2D eigenvalue weighted by Crippen LogP contribution is -2.04. The number of pyridine rings is 2. The van der Waals surface area contributed by atoms with Gasteiger partial charge in [-0.05, 0) is 17.2 Å². The third-order valence-corrected chi connectivity index (χ3v) is 2.97. The number of H-pyrrole nitrogens is 1. The molecule has 0 unspecified atom stereocenters. The number of nitrogens with one attached hydrogen (secondary N) is 1. The van der Waals surface area contributed by atoms with Crippen molar-refractivity contribution >= 4 is 11.0 Å². The van der Waals surface area contributed by atoms with Gasteiger partial charge in [0.25, 0.3) is 0 Å². The summed E-state index contributed by atoms with van der Waals surface area (Å²) in [4.78, 5) is 18.4. The predicted octanol–water partition coefficient (Wildman–Crippen LogP) is 2.60. The number of fused-ring (bicyclic) bond motifs is 1. The Morgan fingerprint density at radius 2 is 1.89 bits per heavy atom. The third-order valence-electron chi connectivity index (χ3n) is 2.97. The molecule has 0 aliphatic rings. The van der Waals surface area contributed by atoms with E-state index in [-0.39, 0.29) is 5.56 Å². The highest BCUT2D eigenvalue weighted by molar-refractivity contribution is 5.93. The van der Waals surface area contributed by atoms with Crippen LogP contribution in [0, 0.1) is 0 Å². The molecule has 19 heavy (non-hydrogen) atoms. The quantitative estimate of drug-likeness (QED) is 0.762. The van der Waals surface area contributed by atoms with Crippen LogP contribution in [0.25, 0.3) is 22.2 Å². The number of rotatable bonds is 2. The third kappa shape index (κ3) is 2.08. The van der Waals surface area contributed by atoms with Crippen LogP contribution in [0.1, 0.15) is 0 Å². The Morgan fingerprint density at radius 3 is 2.63 bits per heavy atom. The molecule has 0 fully saturated rings. The molecule has 4 heteroatoms. The molecule has 0 saturated heterocycles. The number of hydrogen-bond donors (Lipinski definition) is 1. The molecule has 0 aliphatic heterocycles. The zero-order valence-corrected chi connectivity index (χ0v) is 10.4. The summed E-state index contributed by atoms with van der Waals surface area (Å²) in [5, 5.41) is 0.895. The predicted molar refractivity (Wildman–Crippen MR) is 74.4 cm³/mol. The minimum atomic E-state index is -0.174. The van der Waals surface area contributed by atoms with Gasteiger partial charge in [0.1, 0.15) is 5.65 Å². The van der Waals surface area contributed by atoms with E-state index in [4.69, 9.17) is 4.74 Å². The van der Waals surface area contributed by atoms with Crippen molar-refractivity contribution in [1.29, 1.82) is 0 Å². The summed E-state index contributed by atoms with van der Waals surface area (Å²) >= 11 is 0. The van der Waals surface area contributed by atoms with Crippen molar-refractivity contribution in [2.75, 3.05) is 7.11 Å². The van der Waals surface area contributed by atoms with Crippen LogP contribution in [0.5, 0.6) is 5.88 Å². The standard InChI is InChI=1S/C15H12N2O2/c1-19-14-9-12(10-5-3-2-4-6-10)11-7-8-13(18)16-15(11)17-14/h2-9H,1H3,(H,16,17,18). The summed E-state index contributed by atoms with van der Waals surface area (Å²) in [5.41, 5.74) is 2.40. The van der Waals surface area contributed by atoms with Gasteiger partial charge < -0.3 is 9.72 Å². The van der Waals surface area contributed by atoms with Crippen LogP contribution in [0.4, 0.5) is 0 Å². The zero-order chi connectivity index (χ0) is 13.2. The first kappa shape index (κ1) is 11.5. The van der Waals surface area contributed by atoms with E-state index >= 15 is 0 Å². The molecule has 0 bridgehead atoms. The number of benzene rings is 1. The maximum atomic E-state index is 11.4. The topological polar surface area (TPSA) is 55.0 Å². The molecule has 0 radical (unpaired) electrons. The van der Waals surface area contributed by atoms with Gasteiger partial charge in [0.2, 0.25) is 11.4 Å². The van der Waals surface area contributed by atoms with E-state index in [1.54, 1.807) is 13.2 Å². The van der Waals surface area contributed by atoms with Gasteiger partial charge >= 0.3 is 0 Å². The number of aromatic nitrogens is 2. The van der Waals surface area contributed by atoms with Crippen molar-refractivity contribution in [3.8, 4) is 17.0 Å². The number of aromatic amines is 1. The highest BCUT2D eigenvalue weighted by atomic mass is 16.5. The molecular weight excluding hydrogens is 240 g/mol. The van der Waals surface area contributed by atoms with Crippen LogP contribution < -0.4 is 10.3 Å². The summed E-state index contributed by atoms with van der Waals surface area (Å²) in [6, 6.07) is 15.1. The Bertz CT molecular complexity index is 779. The minimum absolute atomic E-state index is 0.174. The molecule has 3 aromatic rings. The second-order valence-electron chi connectivity index (χ2n) is 4.16. The van der Waals surface area contributed by atoms with Crippen LogP contribution >= 0.6 is 0 Å². The van der Waals surface area contributed by atoms with Crippen LogP contribution in [-0.4, -0.2) is 17.1 Å². The van der Waals surface area contributed by atoms with Crippen LogP contribution in [-0.2, 0) is 0 Å². The molecule has 0 amide bonds. The van der Waals surface area contributed by atoms with Crippen LogP contribution in [0.3, 0.4) is 0 Å². The fourth-order valence-corrected chi connectivity index (χ4v) is 2.07. The normalized spacial score (nSPS) is 10.6. The molecule has 0 aliphatic carbocycles. The maximum absolute atomic E-state index is 11.4. The first-order valence-electron chi connectivity index (χ1n) is 5.91. The highest BCUT2D eigenvalue weighted by Crippen LogP contribution is 2.29. The smallest absolute Gasteiger partial charge is 0.249 e. The molecule has 94 valence electrons. The minimum Gasteiger partial charge on any atom is -0.481 e. The van der Waals surface area contributed by atoms with Gasteiger partial charge in [0, 0.05) is 17.5 Å². The molecule has 0 saturated carbocycles. The Hall–Kier alpha value is -2.62. The molecule has 0 atom stereocenters. The highest BCUT2D eigenvalue weighted by Gasteiger charge is 2.08. The van der Waals surface area contributed by atoms with E-state index in [1.807, 2.05) is 36.4 Å². The van der Waals surface area contributed by atoms with E-state index < -0.39 is 0 Å². The largest absolute Gasteiger partial charge is 0.481 e. The van der Waals surface area contributed by atoms with Gasteiger partial charge in [-0.3, -0.25) is 4.79 Å². The summed E-state index contributed by atoms with van der Waals surface area (Å²) in [6.45, 7) is 0. The molecule has 2 heterocycles. The van der Waals surface area contributed by atoms with Crippen molar-refractivity contribution < 1.29 is 4.74 Å². The van der Waals surface area contributed by atoms with E-state index in [0.29, 0.717) is 11.5 Å². The second-order valence-corrected chi connectivity index (χ2v) is 4.16. The van der Waals surface area contributed by atoms with E-state index in [9.17, 15) is 4.79 Å². The molecule has 2 aromatic heterocycles. The van der Waals surface area contributed by atoms with Gasteiger partial charge in [0.05, 0.1) is 7.11 Å². The zero-order valence-electron chi connectivity index (χ0n) is 10.4. The van der Waals surface area contributed by atoms with Crippen molar-refractivity contribution in [1.82, 2.24) is 9.97 Å². The number of nitrogens with zero attached hydrogens (tertiary/aromatic N) is 1. The first-order chi connectivity index (χ1) is 9.28. The second kappa shape index (κ2) is 4.57. The SMILES string of the molecule is COc1cc(-c2ccccc2)c2ccc(=O)[nH]c2n1. The Morgan fingerprint density at radius 1 is 1.11 bits per heavy atom. The lowest BCUT2D eigenvalue weighted by atomic mass is 10.0. The fraction of sp³-hybridized carbons (Fsp3) is 0.0667. The Kier molecular flexibility index (Phi) is 2.76. The first-order valence-corrected chi connectivity index (χ1v) is 5.91. The van der Waals surface area contributed by atoms with Crippen molar-refractivity contribution in [2.45, 2.75) is 0 Å². The van der Waals surface area contributed by atoms with Gasteiger partial charge in [-0.1, -0.05) is 30.3 Å². The molecule has 1 N–H and O–H groups in total. The average molecular weight is 252 g/mol. The van der Waals surface area contributed by atoms with Gasteiger partial charge in [-0.2, -0.15) is 4.98 Å². The monoisotopic (exact) mass is 252 g/mol. The number of hydrogen-bond acceptors (Lipinski definition) is 3. The van der Waals surface area contributed by atoms with Crippen LogP contribution in [0.15, 0.2) is 53.3 Å². The van der Waals surface area contributed by atoms with E-state index in [2.05, 4.69) is 9.97 Å². The van der Waals surface area contributed by atoms with Gasteiger partial charge in [0.15, 0.2) is 0 Å². The summed E-state index contributed by atoms with van der Waals surface area (Å²) in [5.74, 6) is 0.480. The lowest BCUT2D eigenvalue weighted by molar-refractivity contribution is 0.399. The number of methoxy groups -OCH3 is 1. The average Bonchev–Trinajstić information content (AvgIpc) is 2.46. The summed E-state index contributed by atoms with van der Waals surface area (Å²) < 4.78 is 5.19. The maximum Gasteiger partial charge on any atom is 0.249 e. The molecule has 3 rings (SSSR count). The fourth-order valence-electron chi connectivity index (χ4n) is 2.07. The Labute approximate surface area is 109 Å². The van der Waals surface area contributed by atoms with E-state index in [1.165, 1.54) is 6.07 Å². The van der Waals surface area contributed by atoms with Gasteiger partial charge in [-0.15, -0.1) is 0 Å². The van der Waals surface area contributed by atoms with Crippen molar-refractivity contribution in [3.05, 3.63) is 58.9 Å². The molecular formula is C15H12N2O2. The van der Waals surface area contributed by atoms with Crippen molar-refractivity contribution in [2.24, 2.45) is 0 Å². The summed E-state index contributed by atoms with van der Waals surface area (Å²) in [7, 11) is 1.56. The summed E-state index contributed by atoms with van der Waals surface area (Å²) in [6.07, 6.45) is 0. The molecule has 4 nitrogen and oxygen atoms in total. The molecule has 1 aromatic carbocycles. The molecule has 0 spiro atoms. The van der Waals surface area contributed by atoms with E-state index in [0.717, 1.165) is 16.5 Å². The van der Waals surface area contributed by atoms with Gasteiger partial charge in [-0.25, -0.2) is 0 Å². The van der Waals surface area contributed by atoms with Crippen molar-refractivity contribution in [3.63, 3.8) is 0 Å². The van der Waals surface area contributed by atoms with Crippen LogP contribution in [0.2, 0.25) is 0 Å².